The first-order valence-corrected chi connectivity index (χ1v) is 11.8. The molecule has 1 saturated heterocycles. The van der Waals surface area contributed by atoms with E-state index in [9.17, 15) is 0 Å². The van der Waals surface area contributed by atoms with Gasteiger partial charge in [0.05, 0.1) is 27.4 Å². The van der Waals surface area contributed by atoms with E-state index in [4.69, 9.17) is 18.9 Å². The van der Waals surface area contributed by atoms with Crippen LogP contribution >= 0.6 is 0 Å². The largest absolute Gasteiger partial charge is 0.493 e. The van der Waals surface area contributed by atoms with Gasteiger partial charge in [-0.2, -0.15) is 0 Å². The van der Waals surface area contributed by atoms with Gasteiger partial charge in [-0.15, -0.1) is 0 Å². The number of hydrogen-bond donors (Lipinski definition) is 1. The molecule has 8 nitrogen and oxygen atoms in total. The smallest absolute Gasteiger partial charge is 0.203 e. The summed E-state index contributed by atoms with van der Waals surface area (Å²) in [4.78, 5) is 9.27. The number of hydrogen-bond acceptors (Lipinski definition) is 6. The Morgan fingerprint density at radius 3 is 2.22 bits per heavy atom. The van der Waals surface area contributed by atoms with Crippen molar-refractivity contribution in [2.75, 3.05) is 67.7 Å². The summed E-state index contributed by atoms with van der Waals surface area (Å²) < 4.78 is 22.4. The molecule has 2 fully saturated rings. The maximum Gasteiger partial charge on any atom is 0.203 e. The van der Waals surface area contributed by atoms with Gasteiger partial charge in [-0.05, 0) is 37.0 Å². The second kappa shape index (κ2) is 12.7. The molecule has 3 rings (SSSR count). The predicted molar refractivity (Wildman–Crippen MR) is 127 cm³/mol. The normalized spacial score (nSPS) is 18.1. The highest BCUT2D eigenvalue weighted by molar-refractivity contribution is 5.79. The van der Waals surface area contributed by atoms with Crippen LogP contribution in [0.15, 0.2) is 17.1 Å². The molecule has 2 aliphatic rings. The Bertz CT molecular complexity index is 704. The first-order valence-electron chi connectivity index (χ1n) is 11.8. The minimum atomic E-state index is 0.494. The van der Waals surface area contributed by atoms with E-state index >= 15 is 0 Å². The fourth-order valence-corrected chi connectivity index (χ4v) is 4.51. The lowest BCUT2D eigenvalue weighted by molar-refractivity contribution is 0.0572. The van der Waals surface area contributed by atoms with Crippen molar-refractivity contribution < 1.29 is 18.9 Å². The van der Waals surface area contributed by atoms with Gasteiger partial charge in [-0.25, -0.2) is 0 Å². The van der Waals surface area contributed by atoms with E-state index < -0.39 is 0 Å². The number of nitrogens with one attached hydrogen (secondary N) is 1. The molecule has 0 bridgehead atoms. The first kappa shape index (κ1) is 24.5. The minimum absolute atomic E-state index is 0.494. The van der Waals surface area contributed by atoms with Crippen molar-refractivity contribution in [1.29, 1.82) is 0 Å². The van der Waals surface area contributed by atoms with Crippen LogP contribution < -0.4 is 19.5 Å². The van der Waals surface area contributed by atoms with E-state index in [0.29, 0.717) is 23.4 Å². The van der Waals surface area contributed by atoms with Crippen molar-refractivity contribution >= 4 is 5.96 Å². The summed E-state index contributed by atoms with van der Waals surface area (Å²) >= 11 is 0. The average molecular weight is 449 g/mol. The second-order valence-corrected chi connectivity index (χ2v) is 8.40. The van der Waals surface area contributed by atoms with Crippen molar-refractivity contribution in [2.45, 2.75) is 44.8 Å². The Morgan fingerprint density at radius 2 is 1.66 bits per heavy atom. The van der Waals surface area contributed by atoms with Gasteiger partial charge in [0.25, 0.3) is 0 Å². The van der Waals surface area contributed by atoms with E-state index in [-0.39, 0.29) is 0 Å². The third kappa shape index (κ3) is 6.65. The Hall–Kier alpha value is -2.19. The van der Waals surface area contributed by atoms with Crippen molar-refractivity contribution in [2.24, 2.45) is 4.99 Å². The highest BCUT2D eigenvalue weighted by atomic mass is 16.5. The Morgan fingerprint density at radius 1 is 1.00 bits per heavy atom. The Labute approximate surface area is 192 Å². The molecule has 0 amide bonds. The summed E-state index contributed by atoms with van der Waals surface area (Å²) in [6.07, 6.45) is 6.61. The van der Waals surface area contributed by atoms with Gasteiger partial charge in [0.1, 0.15) is 0 Å². The molecule has 1 N–H and O–H groups in total. The Kier molecular flexibility index (Phi) is 9.74. The van der Waals surface area contributed by atoms with E-state index in [1.807, 2.05) is 19.2 Å². The standard InChI is InChI=1S/C24H40N4O4/c1-25-24(26-10-7-15-32-20-8-5-6-9-20)28-13-11-27(12-14-28)18-19-16-21(29-2)23(31-4)22(17-19)30-3/h16-17,20H,5-15,18H2,1-4H3,(H,25,26). The zero-order valence-electron chi connectivity index (χ0n) is 20.2. The maximum atomic E-state index is 5.96. The first-order chi connectivity index (χ1) is 15.7. The molecule has 1 heterocycles. The molecule has 1 aromatic carbocycles. The maximum absolute atomic E-state index is 5.96. The highest BCUT2D eigenvalue weighted by Crippen LogP contribution is 2.38. The molecular weight excluding hydrogens is 408 g/mol. The quantitative estimate of drug-likeness (QED) is 0.335. The number of methoxy groups -OCH3 is 3. The van der Waals surface area contributed by atoms with Gasteiger partial charge in [-0.3, -0.25) is 9.89 Å². The molecule has 1 aliphatic heterocycles. The second-order valence-electron chi connectivity index (χ2n) is 8.40. The third-order valence-electron chi connectivity index (χ3n) is 6.27. The molecule has 8 heteroatoms. The average Bonchev–Trinajstić information content (AvgIpc) is 3.35. The summed E-state index contributed by atoms with van der Waals surface area (Å²) in [6.45, 7) is 6.41. The van der Waals surface area contributed by atoms with Crippen LogP contribution in [-0.4, -0.2) is 89.6 Å². The number of piperazine rings is 1. The van der Waals surface area contributed by atoms with E-state index in [0.717, 1.165) is 63.8 Å². The third-order valence-corrected chi connectivity index (χ3v) is 6.27. The van der Waals surface area contributed by atoms with Gasteiger partial charge < -0.3 is 29.2 Å². The summed E-state index contributed by atoms with van der Waals surface area (Å²) in [5.74, 6) is 3.01. The van der Waals surface area contributed by atoms with Crippen LogP contribution in [0.4, 0.5) is 0 Å². The van der Waals surface area contributed by atoms with Gasteiger partial charge in [-0.1, -0.05) is 12.8 Å². The van der Waals surface area contributed by atoms with Crippen LogP contribution in [-0.2, 0) is 11.3 Å². The summed E-state index contributed by atoms with van der Waals surface area (Å²) in [6, 6.07) is 4.06. The molecule has 0 aromatic heterocycles. The topological polar surface area (TPSA) is 67.8 Å². The predicted octanol–water partition coefficient (Wildman–Crippen LogP) is 2.75. The van der Waals surface area contributed by atoms with Crippen LogP contribution in [0.25, 0.3) is 0 Å². The lowest BCUT2D eigenvalue weighted by atomic mass is 10.1. The monoisotopic (exact) mass is 448 g/mol. The zero-order chi connectivity index (χ0) is 22.8. The van der Waals surface area contributed by atoms with Crippen molar-refractivity contribution in [3.63, 3.8) is 0 Å². The lowest BCUT2D eigenvalue weighted by Crippen LogP contribution is -2.52. The summed E-state index contributed by atoms with van der Waals surface area (Å²) in [5.41, 5.74) is 1.15. The van der Waals surface area contributed by atoms with E-state index in [2.05, 4.69) is 20.1 Å². The highest BCUT2D eigenvalue weighted by Gasteiger charge is 2.21. The van der Waals surface area contributed by atoms with Gasteiger partial charge in [0.2, 0.25) is 5.75 Å². The van der Waals surface area contributed by atoms with Crippen LogP contribution in [0.3, 0.4) is 0 Å². The van der Waals surface area contributed by atoms with Gasteiger partial charge in [0.15, 0.2) is 17.5 Å². The molecule has 1 aromatic rings. The number of benzene rings is 1. The number of aliphatic imine (C=N–C) groups is 1. The van der Waals surface area contributed by atoms with Gasteiger partial charge in [0, 0.05) is 52.9 Å². The van der Waals surface area contributed by atoms with Crippen LogP contribution in [0, 0.1) is 0 Å². The van der Waals surface area contributed by atoms with E-state index in [1.54, 1.807) is 21.3 Å². The molecule has 0 atom stereocenters. The fraction of sp³-hybridized carbons (Fsp3) is 0.708. The molecule has 180 valence electrons. The SMILES string of the molecule is CN=C(NCCCOC1CCCC1)N1CCN(Cc2cc(OC)c(OC)c(OC)c2)CC1. The zero-order valence-corrected chi connectivity index (χ0v) is 20.2. The number of ether oxygens (including phenoxy) is 4. The molecule has 0 spiro atoms. The van der Waals surface area contributed by atoms with Crippen molar-refractivity contribution in [3.05, 3.63) is 17.7 Å². The molecule has 1 saturated carbocycles. The van der Waals surface area contributed by atoms with Gasteiger partial charge >= 0.3 is 0 Å². The van der Waals surface area contributed by atoms with Crippen molar-refractivity contribution in [1.82, 2.24) is 15.1 Å². The molecular formula is C24H40N4O4. The number of guanidine groups is 1. The van der Waals surface area contributed by atoms with Crippen LogP contribution in [0.1, 0.15) is 37.7 Å². The molecule has 1 aliphatic carbocycles. The summed E-state index contributed by atoms with van der Waals surface area (Å²) in [5, 5.41) is 3.50. The Balaban J connectivity index is 1.42. The molecule has 0 radical (unpaired) electrons. The van der Waals surface area contributed by atoms with Crippen LogP contribution in [0.2, 0.25) is 0 Å². The summed E-state index contributed by atoms with van der Waals surface area (Å²) in [7, 11) is 6.79. The molecule has 0 unspecified atom stereocenters. The lowest BCUT2D eigenvalue weighted by Gasteiger charge is -2.36. The van der Waals surface area contributed by atoms with Crippen LogP contribution in [0.5, 0.6) is 17.2 Å². The van der Waals surface area contributed by atoms with E-state index in [1.165, 1.54) is 25.7 Å². The fourth-order valence-electron chi connectivity index (χ4n) is 4.51. The molecule has 32 heavy (non-hydrogen) atoms. The van der Waals surface area contributed by atoms with Crippen molar-refractivity contribution in [3.8, 4) is 17.2 Å². The minimum Gasteiger partial charge on any atom is -0.493 e. The number of nitrogens with zero attached hydrogens (tertiary/aromatic N) is 3. The number of rotatable bonds is 10.